The van der Waals surface area contributed by atoms with Crippen molar-refractivity contribution in [3.8, 4) is 0 Å². The molecule has 1 aromatic heterocycles. The van der Waals surface area contributed by atoms with Gasteiger partial charge in [0.25, 0.3) is 5.56 Å². The van der Waals surface area contributed by atoms with Crippen LogP contribution in [-0.4, -0.2) is 41.7 Å². The Morgan fingerprint density at radius 2 is 1.72 bits per heavy atom. The Hall–Kier alpha value is 1.56. The minimum atomic E-state index is 0. The summed E-state index contributed by atoms with van der Waals surface area (Å²) in [6, 6.07) is 1.49. The van der Waals surface area contributed by atoms with E-state index in [1.165, 1.54) is 49.7 Å². The Kier molecular flexibility index (Phi) is 20.4. The number of nitrogens with zero attached hydrogens (tertiary/aromatic N) is 1. The molecule has 102 valence electrons. The third kappa shape index (κ3) is 10.4. The summed E-state index contributed by atoms with van der Waals surface area (Å²) >= 11 is 7.10. The average Bonchev–Trinajstić information content (AvgIpc) is 2.51. The van der Waals surface area contributed by atoms with Crippen LogP contribution in [0, 0.1) is 0 Å². The van der Waals surface area contributed by atoms with Crippen molar-refractivity contribution in [3.63, 3.8) is 0 Å². The largest absolute Gasteiger partial charge is 2.00 e. The van der Waals surface area contributed by atoms with Crippen molar-refractivity contribution in [2.24, 2.45) is 0 Å². The second kappa shape index (κ2) is 15.0. The molecule has 0 spiro atoms. The van der Waals surface area contributed by atoms with Gasteiger partial charge in [0.05, 0.1) is 0 Å². The molecular formula is C11H18CaCl3NOS. The summed E-state index contributed by atoms with van der Waals surface area (Å²) in [5.74, 6) is 0. The van der Waals surface area contributed by atoms with Crippen molar-refractivity contribution >= 4 is 60.9 Å². The summed E-state index contributed by atoms with van der Waals surface area (Å²) in [6.07, 6.45) is 7.49. The first-order chi connectivity index (χ1) is 7.24. The van der Waals surface area contributed by atoms with Gasteiger partial charge in [-0.2, -0.15) is 0 Å². The Morgan fingerprint density at radius 1 is 1.17 bits per heavy atom. The van der Waals surface area contributed by atoms with E-state index in [1.54, 1.807) is 3.96 Å². The molecular weight excluding hydrogens is 341 g/mol. The summed E-state index contributed by atoms with van der Waals surface area (Å²) in [6.45, 7) is 3.04. The fourth-order valence-corrected chi connectivity index (χ4v) is 2.61. The smallest absolute Gasteiger partial charge is 1.00 e. The number of aromatic nitrogens is 1. The number of hydrogen-bond acceptors (Lipinski definition) is 2. The molecule has 0 bridgehead atoms. The van der Waals surface area contributed by atoms with Crippen molar-refractivity contribution in [1.82, 2.24) is 3.96 Å². The van der Waals surface area contributed by atoms with Crippen LogP contribution in [-0.2, 0) is 6.54 Å². The summed E-state index contributed by atoms with van der Waals surface area (Å²) in [5, 5.41) is 0. The minimum Gasteiger partial charge on any atom is -1.00 e. The molecule has 0 unspecified atom stereocenters. The molecule has 1 aromatic rings. The van der Waals surface area contributed by atoms with E-state index in [2.05, 4.69) is 6.92 Å². The molecule has 0 fully saturated rings. The van der Waals surface area contributed by atoms with Gasteiger partial charge in [-0.25, -0.2) is 0 Å². The van der Waals surface area contributed by atoms with E-state index in [0.717, 1.165) is 13.0 Å². The second-order valence-electron chi connectivity index (χ2n) is 3.75. The van der Waals surface area contributed by atoms with Gasteiger partial charge in [-0.05, 0) is 18.0 Å². The van der Waals surface area contributed by atoms with Crippen LogP contribution in [0.1, 0.15) is 45.4 Å². The molecule has 18 heavy (non-hydrogen) atoms. The molecule has 1 heterocycles. The SMILES string of the molecule is CCCCCCCCn1sc(Cl)cc1=O.[Ca+2].[Cl-].[Cl-]. The van der Waals surface area contributed by atoms with Crippen molar-refractivity contribution in [2.45, 2.75) is 52.0 Å². The van der Waals surface area contributed by atoms with Gasteiger partial charge in [0.15, 0.2) is 0 Å². The third-order valence-corrected chi connectivity index (χ3v) is 3.59. The molecule has 0 aliphatic heterocycles. The number of halogens is 3. The molecule has 2 nitrogen and oxygen atoms in total. The summed E-state index contributed by atoms with van der Waals surface area (Å²) in [7, 11) is 0. The fourth-order valence-electron chi connectivity index (χ4n) is 1.54. The molecule has 0 N–H and O–H groups in total. The predicted octanol–water partition coefficient (Wildman–Crippen LogP) is -2.45. The number of hydrogen-bond donors (Lipinski definition) is 0. The van der Waals surface area contributed by atoms with Crippen molar-refractivity contribution in [3.05, 3.63) is 20.8 Å². The van der Waals surface area contributed by atoms with E-state index in [4.69, 9.17) is 11.6 Å². The first kappa shape index (κ1) is 24.6. The zero-order chi connectivity index (χ0) is 11.1. The molecule has 1 rings (SSSR count). The van der Waals surface area contributed by atoms with Crippen LogP contribution in [0.2, 0.25) is 4.34 Å². The molecule has 0 aliphatic rings. The van der Waals surface area contributed by atoms with Crippen LogP contribution >= 0.6 is 23.1 Å². The Labute approximate surface area is 160 Å². The Morgan fingerprint density at radius 3 is 2.22 bits per heavy atom. The van der Waals surface area contributed by atoms with Crippen LogP contribution in [0.4, 0.5) is 0 Å². The van der Waals surface area contributed by atoms with Crippen LogP contribution in [0.5, 0.6) is 0 Å². The molecule has 7 heteroatoms. The van der Waals surface area contributed by atoms with Gasteiger partial charge >= 0.3 is 37.7 Å². The van der Waals surface area contributed by atoms with Crippen molar-refractivity contribution < 1.29 is 24.8 Å². The van der Waals surface area contributed by atoms with Crippen molar-refractivity contribution in [1.29, 1.82) is 0 Å². The van der Waals surface area contributed by atoms with E-state index in [1.807, 2.05) is 0 Å². The summed E-state index contributed by atoms with van der Waals surface area (Å²) in [5.41, 5.74) is 0.0403. The standard InChI is InChI=1S/C11H18ClNOS.Ca.2ClH/c1-2-3-4-5-6-7-8-13-11(14)9-10(12)15-13;;;/h9H,2-8H2,1H3;;2*1H/q;+2;;/p-2. The van der Waals surface area contributed by atoms with Gasteiger partial charge < -0.3 is 24.8 Å². The van der Waals surface area contributed by atoms with Gasteiger partial charge in [0, 0.05) is 12.6 Å². The maximum Gasteiger partial charge on any atom is 2.00 e. The average molecular weight is 359 g/mol. The molecule has 0 radical (unpaired) electrons. The van der Waals surface area contributed by atoms with Crippen LogP contribution < -0.4 is 30.4 Å². The molecule has 0 atom stereocenters. The molecule has 0 amide bonds. The van der Waals surface area contributed by atoms with Crippen molar-refractivity contribution in [2.75, 3.05) is 0 Å². The maximum atomic E-state index is 11.3. The maximum absolute atomic E-state index is 11.3. The number of aryl methyl sites for hydroxylation is 1. The van der Waals surface area contributed by atoms with Gasteiger partial charge in [0.1, 0.15) is 4.34 Å². The van der Waals surface area contributed by atoms with E-state index >= 15 is 0 Å². The summed E-state index contributed by atoms with van der Waals surface area (Å²) < 4.78 is 2.33. The van der Waals surface area contributed by atoms with Gasteiger partial charge in [-0.3, -0.25) is 8.75 Å². The van der Waals surface area contributed by atoms with Crippen LogP contribution in [0.15, 0.2) is 10.9 Å². The van der Waals surface area contributed by atoms with Gasteiger partial charge in [-0.15, -0.1) is 0 Å². The van der Waals surface area contributed by atoms with E-state index < -0.39 is 0 Å². The second-order valence-corrected chi connectivity index (χ2v) is 5.44. The Bertz CT molecular complexity index is 343. The predicted molar refractivity (Wildman–Crippen MR) is 72.7 cm³/mol. The molecule has 0 saturated heterocycles. The number of unbranched alkanes of at least 4 members (excludes halogenated alkanes) is 5. The zero-order valence-corrected chi connectivity index (χ0v) is 15.9. The van der Waals surface area contributed by atoms with Gasteiger partial charge in [0.2, 0.25) is 0 Å². The van der Waals surface area contributed by atoms with E-state index in [9.17, 15) is 4.79 Å². The minimum absolute atomic E-state index is 0. The fraction of sp³-hybridized carbons (Fsp3) is 0.727. The normalized spacial score (nSPS) is 9.00. The monoisotopic (exact) mass is 357 g/mol. The summed E-state index contributed by atoms with van der Waals surface area (Å²) in [4.78, 5) is 11.3. The molecule has 0 saturated carbocycles. The third-order valence-electron chi connectivity index (χ3n) is 2.39. The van der Waals surface area contributed by atoms with Crippen LogP contribution in [0.25, 0.3) is 0 Å². The van der Waals surface area contributed by atoms with E-state index in [0.29, 0.717) is 4.34 Å². The van der Waals surface area contributed by atoms with Crippen LogP contribution in [0.3, 0.4) is 0 Å². The Balaban J connectivity index is -0.000000750. The van der Waals surface area contributed by atoms with Gasteiger partial charge in [-0.1, -0.05) is 50.6 Å². The zero-order valence-electron chi connectivity index (χ0n) is 10.6. The topological polar surface area (TPSA) is 22.0 Å². The van der Waals surface area contributed by atoms with E-state index in [-0.39, 0.29) is 68.1 Å². The first-order valence-electron chi connectivity index (χ1n) is 5.60. The molecule has 0 aromatic carbocycles. The quantitative estimate of drug-likeness (QED) is 0.392. The number of rotatable bonds is 7. The first-order valence-corrected chi connectivity index (χ1v) is 6.76. The molecule has 0 aliphatic carbocycles.